The summed E-state index contributed by atoms with van der Waals surface area (Å²) in [7, 11) is 0. The van der Waals surface area contributed by atoms with Crippen LogP contribution in [0.3, 0.4) is 0 Å². The molecule has 104 valence electrons. The Labute approximate surface area is 117 Å². The Hall–Kier alpha value is -0.780. The number of hydrogen-bond acceptors (Lipinski definition) is 2. The molecule has 1 saturated heterocycles. The number of piperazine rings is 1. The van der Waals surface area contributed by atoms with Gasteiger partial charge in [-0.3, -0.25) is 4.79 Å². The van der Waals surface area contributed by atoms with E-state index in [1.54, 1.807) is 0 Å². The van der Waals surface area contributed by atoms with Gasteiger partial charge < -0.3 is 14.7 Å². The normalized spacial score (nSPS) is 17.6. The fourth-order valence-corrected chi connectivity index (χ4v) is 2.35. The number of carbonyl (C=O) groups is 2. The third kappa shape index (κ3) is 3.60. The molecule has 3 amide bonds. The minimum Gasteiger partial charge on any atom is -0.338 e. The molecule has 0 aliphatic carbocycles. The summed E-state index contributed by atoms with van der Waals surface area (Å²) < 4.78 is 0. The highest BCUT2D eigenvalue weighted by atomic mass is 79.9. The molecule has 0 aromatic carbocycles. The SMILES string of the molecule is CCN(CC)C(=O)N1CCN(C(=O)C(C)Br)CC1. The third-order valence-electron chi connectivity index (χ3n) is 3.24. The van der Waals surface area contributed by atoms with E-state index in [-0.39, 0.29) is 16.8 Å². The van der Waals surface area contributed by atoms with E-state index < -0.39 is 0 Å². The van der Waals surface area contributed by atoms with Crippen LogP contribution in [-0.2, 0) is 4.79 Å². The van der Waals surface area contributed by atoms with E-state index in [1.807, 2.05) is 35.5 Å². The van der Waals surface area contributed by atoms with Crippen molar-refractivity contribution in [2.75, 3.05) is 39.3 Å². The number of alkyl halides is 1. The van der Waals surface area contributed by atoms with Crippen molar-refractivity contribution in [3.05, 3.63) is 0 Å². The number of carbonyl (C=O) groups excluding carboxylic acids is 2. The molecule has 1 heterocycles. The largest absolute Gasteiger partial charge is 0.338 e. The van der Waals surface area contributed by atoms with Crippen LogP contribution in [-0.4, -0.2) is 70.7 Å². The van der Waals surface area contributed by atoms with Gasteiger partial charge in [0.25, 0.3) is 0 Å². The highest BCUT2D eigenvalue weighted by Gasteiger charge is 2.27. The lowest BCUT2D eigenvalue weighted by Gasteiger charge is -2.37. The first-order valence-corrected chi connectivity index (χ1v) is 7.39. The lowest BCUT2D eigenvalue weighted by Crippen LogP contribution is -2.54. The zero-order chi connectivity index (χ0) is 13.7. The van der Waals surface area contributed by atoms with Gasteiger partial charge in [-0.2, -0.15) is 0 Å². The van der Waals surface area contributed by atoms with Crippen LogP contribution in [0.1, 0.15) is 20.8 Å². The van der Waals surface area contributed by atoms with Gasteiger partial charge in [0.1, 0.15) is 0 Å². The molecular weight excluding hydrogens is 298 g/mol. The monoisotopic (exact) mass is 319 g/mol. The molecule has 1 fully saturated rings. The van der Waals surface area contributed by atoms with Crippen molar-refractivity contribution in [3.8, 4) is 0 Å². The quantitative estimate of drug-likeness (QED) is 0.738. The van der Waals surface area contributed by atoms with Crippen LogP contribution in [0.25, 0.3) is 0 Å². The lowest BCUT2D eigenvalue weighted by molar-refractivity contribution is -0.131. The Balaban J connectivity index is 2.49. The smallest absolute Gasteiger partial charge is 0.320 e. The minimum atomic E-state index is -0.150. The summed E-state index contributed by atoms with van der Waals surface area (Å²) in [6, 6.07) is 0.0824. The maximum atomic E-state index is 12.1. The Morgan fingerprint density at radius 1 is 1.11 bits per heavy atom. The Bertz CT molecular complexity index is 298. The first-order chi connectivity index (χ1) is 8.51. The molecule has 0 N–H and O–H groups in total. The van der Waals surface area contributed by atoms with Crippen LogP contribution in [0, 0.1) is 0 Å². The number of rotatable bonds is 3. The molecule has 0 aromatic rings. The highest BCUT2D eigenvalue weighted by Crippen LogP contribution is 2.10. The van der Waals surface area contributed by atoms with Gasteiger partial charge >= 0.3 is 6.03 Å². The second-order valence-corrected chi connectivity index (χ2v) is 5.76. The number of nitrogens with zero attached hydrogens (tertiary/aromatic N) is 3. The van der Waals surface area contributed by atoms with Gasteiger partial charge in [0.05, 0.1) is 4.83 Å². The molecule has 1 aliphatic heterocycles. The first-order valence-electron chi connectivity index (χ1n) is 6.47. The van der Waals surface area contributed by atoms with E-state index >= 15 is 0 Å². The fourth-order valence-electron chi connectivity index (χ4n) is 2.06. The van der Waals surface area contributed by atoms with Crippen molar-refractivity contribution in [2.45, 2.75) is 25.6 Å². The van der Waals surface area contributed by atoms with Crippen molar-refractivity contribution in [1.82, 2.24) is 14.7 Å². The van der Waals surface area contributed by atoms with Gasteiger partial charge in [-0.1, -0.05) is 15.9 Å². The van der Waals surface area contributed by atoms with Crippen molar-refractivity contribution in [1.29, 1.82) is 0 Å². The van der Waals surface area contributed by atoms with Gasteiger partial charge in [0.2, 0.25) is 5.91 Å². The van der Waals surface area contributed by atoms with Gasteiger partial charge in [-0.25, -0.2) is 4.79 Å². The van der Waals surface area contributed by atoms with Crippen molar-refractivity contribution in [2.24, 2.45) is 0 Å². The van der Waals surface area contributed by atoms with Crippen molar-refractivity contribution < 1.29 is 9.59 Å². The number of halogens is 1. The van der Waals surface area contributed by atoms with Gasteiger partial charge in [0.15, 0.2) is 0 Å². The van der Waals surface area contributed by atoms with E-state index in [1.165, 1.54) is 0 Å². The number of hydrogen-bond donors (Lipinski definition) is 0. The summed E-state index contributed by atoms with van der Waals surface area (Å²) >= 11 is 3.28. The van der Waals surface area contributed by atoms with E-state index in [2.05, 4.69) is 15.9 Å². The van der Waals surface area contributed by atoms with E-state index in [4.69, 9.17) is 0 Å². The molecule has 0 aromatic heterocycles. The van der Waals surface area contributed by atoms with E-state index in [9.17, 15) is 9.59 Å². The van der Waals surface area contributed by atoms with Gasteiger partial charge in [-0.15, -0.1) is 0 Å². The molecule has 6 heteroatoms. The van der Waals surface area contributed by atoms with Crippen LogP contribution < -0.4 is 0 Å². The molecule has 1 aliphatic rings. The Morgan fingerprint density at radius 3 is 1.94 bits per heavy atom. The molecule has 1 atom stereocenters. The van der Waals surface area contributed by atoms with Crippen LogP contribution in [0.4, 0.5) is 4.79 Å². The topological polar surface area (TPSA) is 43.9 Å². The van der Waals surface area contributed by atoms with Crippen LogP contribution in [0.2, 0.25) is 0 Å². The average molecular weight is 320 g/mol. The predicted octanol–water partition coefficient (Wildman–Crippen LogP) is 1.38. The van der Waals surface area contributed by atoms with Gasteiger partial charge in [0, 0.05) is 39.3 Å². The molecular formula is C12H22BrN3O2. The van der Waals surface area contributed by atoms with Crippen LogP contribution in [0.15, 0.2) is 0 Å². The third-order valence-corrected chi connectivity index (χ3v) is 3.63. The molecule has 1 unspecified atom stereocenters. The summed E-state index contributed by atoms with van der Waals surface area (Å²) in [5.41, 5.74) is 0. The van der Waals surface area contributed by atoms with Crippen molar-refractivity contribution in [3.63, 3.8) is 0 Å². The molecule has 1 rings (SSSR count). The summed E-state index contributed by atoms with van der Waals surface area (Å²) in [5, 5.41) is 0. The molecule has 5 nitrogen and oxygen atoms in total. The second kappa shape index (κ2) is 6.97. The minimum absolute atomic E-state index is 0.0824. The summed E-state index contributed by atoms with van der Waals surface area (Å²) in [4.78, 5) is 29.2. The molecule has 0 bridgehead atoms. The summed E-state index contributed by atoms with van der Waals surface area (Å²) in [6.45, 7) is 9.75. The molecule has 18 heavy (non-hydrogen) atoms. The predicted molar refractivity (Wildman–Crippen MR) is 74.9 cm³/mol. The lowest BCUT2D eigenvalue weighted by atomic mass is 10.3. The zero-order valence-electron chi connectivity index (χ0n) is 11.4. The summed E-state index contributed by atoms with van der Waals surface area (Å²) in [5.74, 6) is 0.102. The van der Waals surface area contributed by atoms with E-state index in [0.717, 1.165) is 13.1 Å². The maximum absolute atomic E-state index is 12.1. The van der Waals surface area contributed by atoms with Crippen LogP contribution >= 0.6 is 15.9 Å². The summed E-state index contributed by atoms with van der Waals surface area (Å²) in [6.07, 6.45) is 0. The fraction of sp³-hybridized carbons (Fsp3) is 0.833. The Morgan fingerprint density at radius 2 is 1.56 bits per heavy atom. The number of urea groups is 1. The van der Waals surface area contributed by atoms with E-state index in [0.29, 0.717) is 26.2 Å². The Kier molecular flexibility index (Phi) is 5.91. The average Bonchev–Trinajstić information content (AvgIpc) is 2.39. The first kappa shape index (κ1) is 15.3. The van der Waals surface area contributed by atoms with Crippen LogP contribution in [0.5, 0.6) is 0 Å². The standard InChI is InChI=1S/C12H22BrN3O2/c1-4-14(5-2)12(18)16-8-6-15(7-9-16)11(17)10(3)13/h10H,4-9H2,1-3H3. The van der Waals surface area contributed by atoms with Crippen molar-refractivity contribution >= 4 is 27.9 Å². The molecule has 0 spiro atoms. The molecule has 0 radical (unpaired) electrons. The van der Waals surface area contributed by atoms with Gasteiger partial charge in [-0.05, 0) is 20.8 Å². The second-order valence-electron chi connectivity index (χ2n) is 4.38. The highest BCUT2D eigenvalue weighted by molar-refractivity contribution is 9.10. The molecule has 0 saturated carbocycles. The number of amides is 3. The maximum Gasteiger partial charge on any atom is 0.320 e. The zero-order valence-corrected chi connectivity index (χ0v) is 12.9.